The van der Waals surface area contributed by atoms with Gasteiger partial charge < -0.3 is 24.6 Å². The van der Waals surface area contributed by atoms with E-state index in [4.69, 9.17) is 9.47 Å². The van der Waals surface area contributed by atoms with Gasteiger partial charge in [-0.05, 0) is 56.3 Å². The van der Waals surface area contributed by atoms with Gasteiger partial charge in [-0.25, -0.2) is 0 Å². The van der Waals surface area contributed by atoms with E-state index in [1.807, 2.05) is 14.7 Å². The predicted octanol–water partition coefficient (Wildman–Crippen LogP) is 3.72. The highest BCUT2D eigenvalue weighted by Crippen LogP contribution is 2.32. The van der Waals surface area contributed by atoms with E-state index in [-0.39, 0.29) is 24.3 Å². The molecule has 8 nitrogen and oxygen atoms in total. The Morgan fingerprint density at radius 2 is 1.61 bits per heavy atom. The zero-order valence-electron chi connectivity index (χ0n) is 21.6. The molecule has 4 rings (SSSR count). The van der Waals surface area contributed by atoms with Crippen LogP contribution in [0.15, 0.2) is 42.5 Å². The highest BCUT2D eigenvalue weighted by atomic mass is 19.4. The molecule has 2 aliphatic rings. The van der Waals surface area contributed by atoms with Gasteiger partial charge in [0.1, 0.15) is 0 Å². The van der Waals surface area contributed by atoms with Crippen LogP contribution in [0.1, 0.15) is 18.4 Å². The molecule has 0 bridgehead atoms. The van der Waals surface area contributed by atoms with Gasteiger partial charge in [-0.2, -0.15) is 13.2 Å². The SMILES string of the molecule is COc1ccc(NC(=O)CN2CCC(C(=O)N3CCN(c4cccc(C(F)(F)F)c4)CC3)CC2)cc1OC. The fraction of sp³-hybridized carbons (Fsp3) is 0.481. The van der Waals surface area contributed by atoms with Crippen molar-refractivity contribution in [2.45, 2.75) is 19.0 Å². The monoisotopic (exact) mass is 534 g/mol. The second-order valence-electron chi connectivity index (χ2n) is 9.53. The van der Waals surface area contributed by atoms with Gasteiger partial charge in [-0.3, -0.25) is 14.5 Å². The van der Waals surface area contributed by atoms with E-state index in [1.54, 1.807) is 31.4 Å². The lowest BCUT2D eigenvalue weighted by atomic mass is 9.95. The van der Waals surface area contributed by atoms with E-state index >= 15 is 0 Å². The van der Waals surface area contributed by atoms with E-state index in [9.17, 15) is 22.8 Å². The highest BCUT2D eigenvalue weighted by Gasteiger charge is 2.33. The molecule has 38 heavy (non-hydrogen) atoms. The number of carbonyl (C=O) groups excluding carboxylic acids is 2. The van der Waals surface area contributed by atoms with Gasteiger partial charge in [0.25, 0.3) is 0 Å². The zero-order valence-corrected chi connectivity index (χ0v) is 21.6. The van der Waals surface area contributed by atoms with Gasteiger partial charge in [0, 0.05) is 49.5 Å². The number of piperazine rings is 1. The molecule has 2 heterocycles. The first-order valence-electron chi connectivity index (χ1n) is 12.6. The quantitative estimate of drug-likeness (QED) is 0.584. The van der Waals surface area contributed by atoms with E-state index in [0.29, 0.717) is 75.0 Å². The van der Waals surface area contributed by atoms with Gasteiger partial charge in [0.05, 0.1) is 26.3 Å². The number of piperidine rings is 1. The molecule has 0 atom stereocenters. The number of carbonyl (C=O) groups is 2. The maximum atomic E-state index is 13.1. The minimum absolute atomic E-state index is 0.0862. The standard InChI is InChI=1S/C27H33F3N4O4/c1-37-23-7-6-21(17-24(23)38-2)31-25(35)18-32-10-8-19(9-11-32)26(36)34-14-12-33(13-15-34)22-5-3-4-20(16-22)27(28,29)30/h3-7,16-17,19H,8-15,18H2,1-2H3,(H,31,35). The Kier molecular flexibility index (Phi) is 8.65. The summed E-state index contributed by atoms with van der Waals surface area (Å²) >= 11 is 0. The summed E-state index contributed by atoms with van der Waals surface area (Å²) in [5.74, 6) is 0.936. The minimum atomic E-state index is -4.38. The van der Waals surface area contributed by atoms with Crippen molar-refractivity contribution in [3.8, 4) is 11.5 Å². The van der Waals surface area contributed by atoms with Gasteiger partial charge in [-0.15, -0.1) is 0 Å². The minimum Gasteiger partial charge on any atom is -0.493 e. The van der Waals surface area contributed by atoms with Crippen molar-refractivity contribution in [3.63, 3.8) is 0 Å². The van der Waals surface area contributed by atoms with Crippen molar-refractivity contribution in [2.75, 3.05) is 70.2 Å². The number of nitrogens with one attached hydrogen (secondary N) is 1. The third-order valence-electron chi connectivity index (χ3n) is 7.10. The molecule has 2 aromatic carbocycles. The third-order valence-corrected chi connectivity index (χ3v) is 7.10. The summed E-state index contributed by atoms with van der Waals surface area (Å²) in [6.07, 6.45) is -3.06. The number of alkyl halides is 3. The van der Waals surface area contributed by atoms with Crippen molar-refractivity contribution in [1.82, 2.24) is 9.80 Å². The topological polar surface area (TPSA) is 74.4 Å². The molecule has 11 heteroatoms. The third kappa shape index (κ3) is 6.69. The molecule has 2 aromatic rings. The van der Waals surface area contributed by atoms with Crippen molar-refractivity contribution in [3.05, 3.63) is 48.0 Å². The van der Waals surface area contributed by atoms with Crippen molar-refractivity contribution in [2.24, 2.45) is 5.92 Å². The molecule has 0 spiro atoms. The van der Waals surface area contributed by atoms with E-state index in [1.165, 1.54) is 13.2 Å². The molecule has 2 saturated heterocycles. The molecular weight excluding hydrogens is 501 g/mol. The number of nitrogens with zero attached hydrogens (tertiary/aromatic N) is 3. The lowest BCUT2D eigenvalue weighted by Gasteiger charge is -2.39. The Labute approximate surface area is 220 Å². The lowest BCUT2D eigenvalue weighted by Crippen LogP contribution is -2.52. The van der Waals surface area contributed by atoms with Gasteiger partial charge in [-0.1, -0.05) is 6.07 Å². The summed E-state index contributed by atoms with van der Waals surface area (Å²) in [4.78, 5) is 31.4. The maximum Gasteiger partial charge on any atom is 0.416 e. The van der Waals surface area contributed by atoms with Gasteiger partial charge in [0.2, 0.25) is 11.8 Å². The second-order valence-corrected chi connectivity index (χ2v) is 9.53. The number of rotatable bonds is 7. The fourth-order valence-electron chi connectivity index (χ4n) is 4.98. The van der Waals surface area contributed by atoms with Crippen molar-refractivity contribution >= 4 is 23.2 Å². The van der Waals surface area contributed by atoms with Crippen LogP contribution in [0.5, 0.6) is 11.5 Å². The Morgan fingerprint density at radius 3 is 2.24 bits per heavy atom. The van der Waals surface area contributed by atoms with Crippen LogP contribution in [0, 0.1) is 5.92 Å². The molecule has 0 aliphatic carbocycles. The Morgan fingerprint density at radius 1 is 0.921 bits per heavy atom. The van der Waals surface area contributed by atoms with Crippen molar-refractivity contribution < 1.29 is 32.2 Å². The fourth-order valence-corrected chi connectivity index (χ4v) is 4.98. The van der Waals surface area contributed by atoms with E-state index < -0.39 is 11.7 Å². The first kappa shape index (κ1) is 27.6. The number of benzene rings is 2. The summed E-state index contributed by atoms with van der Waals surface area (Å²) in [6, 6.07) is 10.5. The lowest BCUT2D eigenvalue weighted by molar-refractivity contribution is -0.138. The summed E-state index contributed by atoms with van der Waals surface area (Å²) < 4.78 is 49.6. The molecule has 2 amide bonds. The van der Waals surface area contributed by atoms with E-state index in [2.05, 4.69) is 5.32 Å². The molecule has 0 saturated carbocycles. The summed E-state index contributed by atoms with van der Waals surface area (Å²) in [7, 11) is 3.08. The Balaban J connectivity index is 1.22. The number of ether oxygens (including phenoxy) is 2. The Hall–Kier alpha value is -3.47. The number of hydrogen-bond donors (Lipinski definition) is 1. The summed E-state index contributed by atoms with van der Waals surface area (Å²) in [5.41, 5.74) is 0.464. The van der Waals surface area contributed by atoms with Crippen LogP contribution in [-0.4, -0.2) is 81.6 Å². The molecule has 0 unspecified atom stereocenters. The van der Waals surface area contributed by atoms with Gasteiger partial charge in [0.15, 0.2) is 11.5 Å². The number of anilines is 2. The van der Waals surface area contributed by atoms with Crippen LogP contribution >= 0.6 is 0 Å². The zero-order chi connectivity index (χ0) is 27.3. The van der Waals surface area contributed by atoms with Crippen LogP contribution in [0.4, 0.5) is 24.5 Å². The smallest absolute Gasteiger partial charge is 0.416 e. The van der Waals surface area contributed by atoms with Crippen LogP contribution in [0.3, 0.4) is 0 Å². The molecule has 0 aromatic heterocycles. The summed E-state index contributed by atoms with van der Waals surface area (Å²) in [6.45, 7) is 3.43. The number of hydrogen-bond acceptors (Lipinski definition) is 6. The van der Waals surface area contributed by atoms with E-state index in [0.717, 1.165) is 12.1 Å². The molecule has 206 valence electrons. The number of likely N-dealkylation sites (tertiary alicyclic amines) is 1. The first-order chi connectivity index (χ1) is 18.2. The van der Waals surface area contributed by atoms with Crippen molar-refractivity contribution in [1.29, 1.82) is 0 Å². The van der Waals surface area contributed by atoms with Crippen LogP contribution in [0.25, 0.3) is 0 Å². The maximum absolute atomic E-state index is 13.1. The predicted molar refractivity (Wildman–Crippen MR) is 138 cm³/mol. The van der Waals surface area contributed by atoms with Gasteiger partial charge >= 0.3 is 6.18 Å². The highest BCUT2D eigenvalue weighted by molar-refractivity contribution is 5.92. The van der Waals surface area contributed by atoms with Crippen LogP contribution in [-0.2, 0) is 15.8 Å². The second kappa shape index (κ2) is 11.9. The van der Waals surface area contributed by atoms with Crippen LogP contribution < -0.4 is 19.7 Å². The van der Waals surface area contributed by atoms with Crippen LogP contribution in [0.2, 0.25) is 0 Å². The number of halogens is 3. The first-order valence-corrected chi connectivity index (χ1v) is 12.6. The molecule has 1 N–H and O–H groups in total. The molecule has 0 radical (unpaired) electrons. The normalized spacial score (nSPS) is 17.3. The Bertz CT molecular complexity index is 1130. The largest absolute Gasteiger partial charge is 0.493 e. The number of amides is 2. The molecular formula is C27H33F3N4O4. The average Bonchev–Trinajstić information content (AvgIpc) is 2.92. The average molecular weight is 535 g/mol. The molecule has 2 fully saturated rings. The number of methoxy groups -OCH3 is 2. The summed E-state index contributed by atoms with van der Waals surface area (Å²) in [5, 5.41) is 2.87. The molecule has 2 aliphatic heterocycles.